The number of nitrogens with zero attached hydrogens (tertiary/aromatic N) is 4. The van der Waals surface area contributed by atoms with Crippen molar-refractivity contribution in [1.82, 2.24) is 19.8 Å². The van der Waals surface area contributed by atoms with Crippen molar-refractivity contribution in [1.29, 1.82) is 0 Å². The lowest BCUT2D eigenvalue weighted by atomic mass is 9.97. The smallest absolute Gasteiger partial charge is 0.253 e. The van der Waals surface area contributed by atoms with E-state index in [-0.39, 0.29) is 11.7 Å². The fraction of sp³-hybridized carbons (Fsp3) is 0.476. The fourth-order valence-corrected chi connectivity index (χ4v) is 4.12. The Bertz CT molecular complexity index is 850. The molecule has 1 aromatic heterocycles. The summed E-state index contributed by atoms with van der Waals surface area (Å²) in [7, 11) is 1.61. The van der Waals surface area contributed by atoms with Crippen LogP contribution in [0.15, 0.2) is 30.5 Å². The number of carbonyl (C=O) groups excluding carboxylic acids is 1. The van der Waals surface area contributed by atoms with Gasteiger partial charge in [0, 0.05) is 43.3 Å². The monoisotopic (exact) mass is 383 g/mol. The van der Waals surface area contributed by atoms with E-state index in [2.05, 4.69) is 27.1 Å². The van der Waals surface area contributed by atoms with Gasteiger partial charge in [-0.2, -0.15) is 0 Å². The number of carbonyl (C=O) groups is 1. The molecule has 3 heterocycles. The minimum Gasteiger partial charge on any atom is -0.371 e. The zero-order valence-electron chi connectivity index (χ0n) is 16.4. The maximum absolute atomic E-state index is 13.5. The highest BCUT2D eigenvalue weighted by Gasteiger charge is 2.37. The summed E-state index contributed by atoms with van der Waals surface area (Å²) in [5.41, 5.74) is 1.40. The van der Waals surface area contributed by atoms with Crippen molar-refractivity contribution in [3.63, 3.8) is 0 Å². The van der Waals surface area contributed by atoms with E-state index in [9.17, 15) is 9.18 Å². The van der Waals surface area contributed by atoms with Crippen molar-refractivity contribution < 1.29 is 9.18 Å². The zero-order valence-corrected chi connectivity index (χ0v) is 16.4. The van der Waals surface area contributed by atoms with Crippen LogP contribution in [0.2, 0.25) is 0 Å². The molecule has 0 saturated carbocycles. The molecule has 2 fully saturated rings. The Balaban J connectivity index is 1.40. The summed E-state index contributed by atoms with van der Waals surface area (Å²) in [5, 5.41) is 2.71. The third-order valence-corrected chi connectivity index (χ3v) is 5.84. The molecule has 0 spiro atoms. The van der Waals surface area contributed by atoms with Gasteiger partial charge in [0.05, 0.1) is 6.20 Å². The van der Waals surface area contributed by atoms with Crippen LogP contribution in [0, 0.1) is 5.82 Å². The van der Waals surface area contributed by atoms with Crippen LogP contribution in [0.1, 0.15) is 36.5 Å². The molecule has 4 rings (SSSR count). The van der Waals surface area contributed by atoms with Crippen molar-refractivity contribution in [3.05, 3.63) is 41.8 Å². The number of amides is 1. The highest BCUT2D eigenvalue weighted by molar-refractivity contribution is 5.95. The van der Waals surface area contributed by atoms with Crippen LogP contribution in [-0.4, -0.2) is 64.4 Å². The topological polar surface area (TPSA) is 61.4 Å². The lowest BCUT2D eigenvalue weighted by Crippen LogP contribution is -2.63. The maximum Gasteiger partial charge on any atom is 0.253 e. The summed E-state index contributed by atoms with van der Waals surface area (Å²) in [6.07, 6.45) is 4.98. The van der Waals surface area contributed by atoms with E-state index < -0.39 is 5.82 Å². The molecule has 1 aromatic carbocycles. The predicted molar refractivity (Wildman–Crippen MR) is 107 cm³/mol. The molecular weight excluding hydrogens is 357 g/mol. The van der Waals surface area contributed by atoms with Crippen LogP contribution >= 0.6 is 0 Å². The van der Waals surface area contributed by atoms with Gasteiger partial charge in [0.25, 0.3) is 5.91 Å². The largest absolute Gasteiger partial charge is 0.371 e. The van der Waals surface area contributed by atoms with Crippen LogP contribution in [-0.2, 0) is 0 Å². The molecule has 1 amide bonds. The number of halogens is 1. The van der Waals surface area contributed by atoms with E-state index in [1.807, 2.05) is 17.0 Å². The third kappa shape index (κ3) is 3.58. The Hall–Kier alpha value is -2.54. The molecule has 148 valence electrons. The van der Waals surface area contributed by atoms with Crippen LogP contribution in [0.5, 0.6) is 0 Å². The first kappa shape index (κ1) is 18.8. The van der Waals surface area contributed by atoms with E-state index >= 15 is 0 Å². The first-order valence-electron chi connectivity index (χ1n) is 9.92. The Morgan fingerprint density at radius 1 is 1.21 bits per heavy atom. The molecule has 0 unspecified atom stereocenters. The molecule has 2 aliphatic heterocycles. The summed E-state index contributed by atoms with van der Waals surface area (Å²) < 4.78 is 13.5. The van der Waals surface area contributed by atoms with Gasteiger partial charge in [-0.1, -0.05) is 18.6 Å². The van der Waals surface area contributed by atoms with Gasteiger partial charge in [0.1, 0.15) is 0 Å². The second-order valence-electron chi connectivity index (χ2n) is 7.66. The molecule has 6 nitrogen and oxygen atoms in total. The van der Waals surface area contributed by atoms with E-state index in [1.54, 1.807) is 19.2 Å². The Kier molecular flexibility index (Phi) is 5.26. The average Bonchev–Trinajstić information content (AvgIpc) is 2.69. The predicted octanol–water partition coefficient (Wildman–Crippen LogP) is 3.02. The van der Waals surface area contributed by atoms with Gasteiger partial charge in [-0.3, -0.25) is 9.69 Å². The molecule has 2 aliphatic rings. The summed E-state index contributed by atoms with van der Waals surface area (Å²) >= 11 is 0. The van der Waals surface area contributed by atoms with E-state index in [0.717, 1.165) is 31.4 Å². The van der Waals surface area contributed by atoms with Crippen LogP contribution < -0.4 is 5.32 Å². The van der Waals surface area contributed by atoms with Gasteiger partial charge in [-0.05, 0) is 38.4 Å². The lowest BCUT2D eigenvalue weighted by molar-refractivity contribution is 0.00213. The van der Waals surface area contributed by atoms with E-state index in [1.165, 1.54) is 19.3 Å². The van der Waals surface area contributed by atoms with E-state index in [0.29, 0.717) is 23.5 Å². The molecule has 0 bridgehead atoms. The second kappa shape index (κ2) is 7.83. The van der Waals surface area contributed by atoms with Gasteiger partial charge in [0.15, 0.2) is 17.5 Å². The molecular formula is C21H26FN5O. The van der Waals surface area contributed by atoms with Crippen molar-refractivity contribution in [2.75, 3.05) is 32.0 Å². The number of piperidine rings is 1. The molecule has 1 atom stereocenters. The van der Waals surface area contributed by atoms with Gasteiger partial charge in [0.2, 0.25) is 0 Å². The molecule has 0 radical (unpaired) electrons. The summed E-state index contributed by atoms with van der Waals surface area (Å²) in [5.74, 6) is 0.147. The van der Waals surface area contributed by atoms with Crippen LogP contribution in [0.3, 0.4) is 0 Å². The first-order chi connectivity index (χ1) is 13.6. The first-order valence-corrected chi connectivity index (χ1v) is 9.92. The average molecular weight is 383 g/mol. The molecule has 2 saturated heterocycles. The normalized spacial score (nSPS) is 20.7. The molecule has 7 heteroatoms. The van der Waals surface area contributed by atoms with Crippen molar-refractivity contribution in [2.24, 2.45) is 0 Å². The molecule has 0 aliphatic carbocycles. The van der Waals surface area contributed by atoms with Gasteiger partial charge < -0.3 is 10.2 Å². The quantitative estimate of drug-likeness (QED) is 0.879. The summed E-state index contributed by atoms with van der Waals surface area (Å²) in [6.45, 7) is 5.04. The van der Waals surface area contributed by atoms with Gasteiger partial charge in [-0.15, -0.1) is 0 Å². The summed E-state index contributed by atoms with van der Waals surface area (Å²) in [4.78, 5) is 25.4. The zero-order chi connectivity index (χ0) is 19.7. The number of nitrogens with one attached hydrogen (secondary N) is 1. The van der Waals surface area contributed by atoms with Gasteiger partial charge >= 0.3 is 0 Å². The van der Waals surface area contributed by atoms with E-state index in [4.69, 9.17) is 0 Å². The number of hydrogen-bond acceptors (Lipinski definition) is 5. The number of benzene rings is 1. The lowest BCUT2D eigenvalue weighted by Gasteiger charge is -2.49. The second-order valence-corrected chi connectivity index (χ2v) is 7.66. The fourth-order valence-electron chi connectivity index (χ4n) is 4.12. The molecule has 28 heavy (non-hydrogen) atoms. The SMILES string of the molecule is CNc1nc(-c2ccc(C(=O)N3CC(N4CCCC[C@H]4C)C3)cc2)ncc1F. The van der Waals surface area contributed by atoms with Crippen molar-refractivity contribution >= 4 is 11.7 Å². The molecule has 2 aromatic rings. The number of anilines is 1. The number of hydrogen-bond donors (Lipinski definition) is 1. The van der Waals surface area contributed by atoms with Crippen molar-refractivity contribution in [3.8, 4) is 11.4 Å². The highest BCUT2D eigenvalue weighted by Crippen LogP contribution is 2.26. The number of rotatable bonds is 4. The third-order valence-electron chi connectivity index (χ3n) is 5.84. The minimum absolute atomic E-state index is 0.0587. The Morgan fingerprint density at radius 3 is 2.64 bits per heavy atom. The number of aromatic nitrogens is 2. The minimum atomic E-state index is -0.492. The molecule has 1 N–H and O–H groups in total. The number of likely N-dealkylation sites (tertiary alicyclic amines) is 2. The van der Waals surface area contributed by atoms with Crippen LogP contribution in [0.25, 0.3) is 11.4 Å². The Labute approximate surface area is 164 Å². The van der Waals surface area contributed by atoms with Crippen molar-refractivity contribution in [2.45, 2.75) is 38.3 Å². The van der Waals surface area contributed by atoms with Gasteiger partial charge in [-0.25, -0.2) is 14.4 Å². The van der Waals surface area contributed by atoms with Crippen LogP contribution in [0.4, 0.5) is 10.2 Å². The summed E-state index contributed by atoms with van der Waals surface area (Å²) in [6, 6.07) is 8.31. The standard InChI is InChI=1S/C21H26FN5O/c1-14-5-3-4-10-27(14)17-12-26(13-17)21(28)16-8-6-15(7-9-16)19-24-11-18(22)20(23-2)25-19/h6-9,11,14,17H,3-5,10,12-13H2,1-2H3,(H,23,24,25)/t14-/m1/s1. The Morgan fingerprint density at radius 2 is 1.96 bits per heavy atom. The maximum atomic E-state index is 13.5. The highest BCUT2D eigenvalue weighted by atomic mass is 19.1.